The van der Waals surface area contributed by atoms with Crippen LogP contribution in [0.5, 0.6) is 0 Å². The molecule has 2 heteroatoms. The zero-order chi connectivity index (χ0) is 43.9. The number of hydrogen-bond acceptors (Lipinski definition) is 1. The molecule has 0 saturated carbocycles. The predicted octanol–water partition coefficient (Wildman–Crippen LogP) is 16.3. The minimum atomic E-state index is -0.537. The van der Waals surface area contributed by atoms with Gasteiger partial charge in [0.1, 0.15) is 0 Å². The molecular weight excluding hydrogens is 797 g/mol. The number of anilines is 3. The third-order valence-corrected chi connectivity index (χ3v) is 14.7. The summed E-state index contributed by atoms with van der Waals surface area (Å²) in [7, 11) is 0. The summed E-state index contributed by atoms with van der Waals surface area (Å²) in [6, 6.07) is 76.8. The van der Waals surface area contributed by atoms with E-state index >= 15 is 0 Å². The highest BCUT2D eigenvalue weighted by atomic mass is 15.2. The monoisotopic (exact) mass is 842 g/mol. The lowest BCUT2D eigenvalue weighted by atomic mass is 9.68. The van der Waals surface area contributed by atoms with Crippen LogP contribution in [0.25, 0.3) is 55.3 Å². The van der Waals surface area contributed by atoms with Crippen LogP contribution in [0.4, 0.5) is 17.1 Å². The van der Waals surface area contributed by atoms with E-state index in [1.807, 2.05) is 6.08 Å². The lowest BCUT2D eigenvalue weighted by Crippen LogP contribution is -2.28. The summed E-state index contributed by atoms with van der Waals surface area (Å²) in [6.45, 7) is 6.47. The topological polar surface area (TPSA) is 8.17 Å². The lowest BCUT2D eigenvalue weighted by molar-refractivity contribution is 0.783. The minimum Gasteiger partial charge on any atom is -0.309 e. The smallest absolute Gasteiger partial charge is 0.0723 e. The molecule has 3 aliphatic carbocycles. The summed E-state index contributed by atoms with van der Waals surface area (Å²) >= 11 is 0. The molecule has 1 heterocycles. The maximum Gasteiger partial charge on any atom is 0.0723 e. The second kappa shape index (κ2) is 14.9. The van der Waals surface area contributed by atoms with Crippen LogP contribution >= 0.6 is 0 Å². The second-order valence-corrected chi connectivity index (χ2v) is 18.0. The Labute approximate surface area is 386 Å². The van der Waals surface area contributed by atoms with E-state index in [4.69, 9.17) is 0 Å². The molecule has 0 amide bonds. The summed E-state index contributed by atoms with van der Waals surface area (Å²) in [4.78, 5) is 2.61. The number of para-hydroxylation sites is 2. The quantitative estimate of drug-likeness (QED) is 0.145. The lowest BCUT2D eigenvalue weighted by Gasteiger charge is -2.36. The van der Waals surface area contributed by atoms with Gasteiger partial charge in [-0.2, -0.15) is 0 Å². The van der Waals surface area contributed by atoms with Crippen LogP contribution in [0.1, 0.15) is 51.4 Å². The van der Waals surface area contributed by atoms with E-state index in [-0.39, 0.29) is 0 Å². The highest BCUT2D eigenvalue weighted by Crippen LogP contribution is 2.64. The van der Waals surface area contributed by atoms with Gasteiger partial charge in [-0.25, -0.2) is 0 Å². The molecule has 13 rings (SSSR count). The molecule has 3 aliphatic rings. The summed E-state index contributed by atoms with van der Waals surface area (Å²) in [5, 5.41) is 2.45. The molecule has 1 unspecified atom stereocenters. The molecule has 0 bridgehead atoms. The van der Waals surface area contributed by atoms with Crippen molar-refractivity contribution in [1.29, 1.82) is 0 Å². The van der Waals surface area contributed by atoms with Crippen molar-refractivity contribution in [3.05, 3.63) is 281 Å². The maximum absolute atomic E-state index is 4.16. The Bertz CT molecular complexity index is 3660. The molecule has 312 valence electrons. The van der Waals surface area contributed by atoms with Gasteiger partial charge in [0.05, 0.1) is 27.8 Å². The van der Waals surface area contributed by atoms with E-state index < -0.39 is 5.41 Å². The first kappa shape index (κ1) is 38.3. The Hall–Kier alpha value is -8.20. The minimum absolute atomic E-state index is 0.537. The molecule has 0 fully saturated rings. The fraction of sp³-hybridized carbons (Fsp3) is 0.0625. The summed E-state index contributed by atoms with van der Waals surface area (Å²) in [5.41, 5.74) is 25.1. The van der Waals surface area contributed by atoms with Crippen LogP contribution in [-0.2, 0) is 18.3 Å². The number of aromatic nitrogens is 1. The van der Waals surface area contributed by atoms with E-state index in [2.05, 4.69) is 241 Å². The third kappa shape index (κ3) is 5.42. The Balaban J connectivity index is 1.17. The average Bonchev–Trinajstić information content (AvgIpc) is 3.97. The fourth-order valence-corrected chi connectivity index (χ4v) is 12.0. The fourth-order valence-electron chi connectivity index (χ4n) is 12.0. The van der Waals surface area contributed by atoms with Gasteiger partial charge in [0.25, 0.3) is 0 Å². The Morgan fingerprint density at radius 3 is 1.89 bits per heavy atom. The Morgan fingerprint density at radius 2 is 1.14 bits per heavy atom. The highest BCUT2D eigenvalue weighted by Gasteiger charge is 2.53. The van der Waals surface area contributed by atoms with Gasteiger partial charge in [0.2, 0.25) is 0 Å². The molecule has 1 aromatic heterocycles. The van der Waals surface area contributed by atoms with Crippen LogP contribution in [0.2, 0.25) is 0 Å². The maximum atomic E-state index is 4.16. The molecule has 66 heavy (non-hydrogen) atoms. The number of fused-ring (bicyclic) bond motifs is 13. The van der Waals surface area contributed by atoms with Crippen LogP contribution in [0.3, 0.4) is 0 Å². The van der Waals surface area contributed by atoms with Crippen molar-refractivity contribution in [1.82, 2.24) is 4.57 Å². The van der Waals surface area contributed by atoms with E-state index in [1.165, 1.54) is 105 Å². The van der Waals surface area contributed by atoms with Gasteiger partial charge in [-0.3, -0.25) is 0 Å². The van der Waals surface area contributed by atoms with E-state index in [1.54, 1.807) is 0 Å². The molecule has 0 radical (unpaired) electrons. The van der Waals surface area contributed by atoms with Crippen LogP contribution < -0.4 is 4.90 Å². The van der Waals surface area contributed by atoms with E-state index in [9.17, 15) is 0 Å². The molecule has 0 N–H and O–H groups in total. The molecule has 9 aromatic carbocycles. The van der Waals surface area contributed by atoms with Gasteiger partial charge in [-0.15, -0.1) is 0 Å². The SMILES string of the molecule is C=C/C=C\C1=C(C)c2ccccc2C12c1ccccc1-c1c2cc(N(c2ccc(-c3ccccc3)cc2)c2cccc3c2c2ccccc2n3-c2ccccc2)c2c1Cc1ccccc1C2. The standard InChI is InChI=1S/C64H46N2/c1-3-4-29-54-42(2)49-26-13-16-30-55(49)64(54)56-31-17-14-27-50(56)62-53-40-46-23-12-11-22-45(46)39-52(53)61(41-57(62)64)66(48-37-35-44(36-38-48)43-20-7-5-8-21-43)60-34-19-33-59-63(60)51-28-15-18-32-58(51)65(59)47-24-9-6-10-25-47/h3-38,41H,1,39-40H2,2H3/b29-4-. The van der Waals surface area contributed by atoms with Crippen molar-refractivity contribution in [3.63, 3.8) is 0 Å². The van der Waals surface area contributed by atoms with Crippen LogP contribution in [0, 0.1) is 0 Å². The highest BCUT2D eigenvalue weighted by molar-refractivity contribution is 6.17. The normalized spacial score (nSPS) is 15.5. The first-order valence-electron chi connectivity index (χ1n) is 23.1. The number of allylic oxidation sites excluding steroid dienone is 5. The van der Waals surface area contributed by atoms with Gasteiger partial charge < -0.3 is 9.47 Å². The first-order chi connectivity index (χ1) is 32.6. The van der Waals surface area contributed by atoms with Gasteiger partial charge >= 0.3 is 0 Å². The van der Waals surface area contributed by atoms with Gasteiger partial charge in [0.15, 0.2) is 0 Å². The van der Waals surface area contributed by atoms with Crippen molar-refractivity contribution >= 4 is 44.4 Å². The molecule has 2 nitrogen and oxygen atoms in total. The number of benzene rings is 9. The van der Waals surface area contributed by atoms with Crippen molar-refractivity contribution < 1.29 is 0 Å². The molecule has 1 atom stereocenters. The number of hydrogen-bond donors (Lipinski definition) is 0. The van der Waals surface area contributed by atoms with E-state index in [0.717, 1.165) is 29.9 Å². The van der Waals surface area contributed by atoms with Gasteiger partial charge in [0, 0.05) is 28.6 Å². The zero-order valence-corrected chi connectivity index (χ0v) is 36.9. The Kier molecular flexibility index (Phi) is 8.66. The molecule has 10 aromatic rings. The summed E-state index contributed by atoms with van der Waals surface area (Å²) in [5.74, 6) is 0. The average molecular weight is 843 g/mol. The van der Waals surface area contributed by atoms with Gasteiger partial charge in [-0.05, 0) is 140 Å². The van der Waals surface area contributed by atoms with Crippen LogP contribution in [0.15, 0.2) is 237 Å². The second-order valence-electron chi connectivity index (χ2n) is 18.0. The summed E-state index contributed by atoms with van der Waals surface area (Å²) < 4.78 is 2.44. The predicted molar refractivity (Wildman–Crippen MR) is 277 cm³/mol. The van der Waals surface area contributed by atoms with Gasteiger partial charge in [-0.1, -0.05) is 183 Å². The van der Waals surface area contributed by atoms with Crippen molar-refractivity contribution in [2.75, 3.05) is 4.90 Å². The largest absolute Gasteiger partial charge is 0.309 e. The van der Waals surface area contributed by atoms with Crippen molar-refractivity contribution in [3.8, 4) is 27.9 Å². The molecule has 1 spiro atoms. The van der Waals surface area contributed by atoms with Crippen molar-refractivity contribution in [2.45, 2.75) is 25.2 Å². The van der Waals surface area contributed by atoms with Crippen molar-refractivity contribution in [2.24, 2.45) is 0 Å². The summed E-state index contributed by atoms with van der Waals surface area (Å²) in [6.07, 6.45) is 8.07. The number of nitrogens with zero attached hydrogens (tertiary/aromatic N) is 2. The Morgan fingerprint density at radius 1 is 0.530 bits per heavy atom. The number of rotatable bonds is 7. The zero-order valence-electron chi connectivity index (χ0n) is 36.9. The first-order valence-corrected chi connectivity index (χ1v) is 23.1. The third-order valence-electron chi connectivity index (χ3n) is 14.7. The van der Waals surface area contributed by atoms with Crippen LogP contribution in [-0.4, -0.2) is 4.57 Å². The molecule has 0 saturated heterocycles. The molecular formula is C64H46N2. The van der Waals surface area contributed by atoms with E-state index in [0.29, 0.717) is 0 Å². The molecule has 0 aliphatic heterocycles.